The number of fused-ring (bicyclic) bond motifs is 1. The summed E-state index contributed by atoms with van der Waals surface area (Å²) in [6, 6.07) is 28.3. The van der Waals surface area contributed by atoms with Gasteiger partial charge in [-0.15, -0.1) is 21.5 Å². The van der Waals surface area contributed by atoms with Crippen LogP contribution in [0.2, 0.25) is 0 Å². The number of carbonyl (C=O) groups is 1. The lowest BCUT2D eigenvalue weighted by atomic mass is 10.0. The average Bonchev–Trinajstić information content (AvgIpc) is 3.60. The van der Waals surface area contributed by atoms with Crippen molar-refractivity contribution in [2.75, 3.05) is 11.1 Å². The van der Waals surface area contributed by atoms with Gasteiger partial charge in [0.25, 0.3) is 0 Å². The van der Waals surface area contributed by atoms with Crippen LogP contribution >= 0.6 is 23.1 Å². The zero-order valence-electron chi connectivity index (χ0n) is 20.2. The normalized spacial score (nSPS) is 11.1. The van der Waals surface area contributed by atoms with Crippen molar-refractivity contribution in [1.29, 1.82) is 0 Å². The SMILES string of the molecule is O=C(CSc1nnc(-c2ccncc2)n1-c1ccccc1)Nc1ncc(Cc2cccc3ccccc23)s1. The number of amides is 1. The lowest BCUT2D eigenvalue weighted by molar-refractivity contribution is -0.113. The van der Waals surface area contributed by atoms with Crippen LogP contribution in [0.3, 0.4) is 0 Å². The van der Waals surface area contributed by atoms with E-state index in [0.29, 0.717) is 16.1 Å². The van der Waals surface area contributed by atoms with Gasteiger partial charge in [-0.2, -0.15) is 0 Å². The molecule has 1 amide bonds. The maximum absolute atomic E-state index is 12.8. The Bertz CT molecular complexity index is 1690. The van der Waals surface area contributed by atoms with Gasteiger partial charge in [0.1, 0.15) is 0 Å². The van der Waals surface area contributed by atoms with Crippen molar-refractivity contribution >= 4 is 44.9 Å². The highest BCUT2D eigenvalue weighted by atomic mass is 32.2. The molecule has 3 heterocycles. The van der Waals surface area contributed by atoms with Crippen molar-refractivity contribution in [3.63, 3.8) is 0 Å². The minimum Gasteiger partial charge on any atom is -0.301 e. The van der Waals surface area contributed by atoms with E-state index in [9.17, 15) is 4.79 Å². The molecule has 3 aromatic carbocycles. The third kappa shape index (κ3) is 5.20. The number of pyridine rings is 1. The molecule has 7 nitrogen and oxygen atoms in total. The maximum Gasteiger partial charge on any atom is 0.236 e. The number of thiazole rings is 1. The van der Waals surface area contributed by atoms with E-state index in [1.807, 2.05) is 59.3 Å². The van der Waals surface area contributed by atoms with E-state index < -0.39 is 0 Å². The third-order valence-corrected chi connectivity index (χ3v) is 7.80. The number of aromatic nitrogens is 5. The predicted molar refractivity (Wildman–Crippen MR) is 153 cm³/mol. The van der Waals surface area contributed by atoms with Crippen molar-refractivity contribution < 1.29 is 4.79 Å². The van der Waals surface area contributed by atoms with Crippen LogP contribution in [0.5, 0.6) is 0 Å². The van der Waals surface area contributed by atoms with Crippen LogP contribution in [-0.4, -0.2) is 36.4 Å². The number of hydrogen-bond acceptors (Lipinski definition) is 7. The Labute approximate surface area is 227 Å². The van der Waals surface area contributed by atoms with E-state index in [-0.39, 0.29) is 11.7 Å². The average molecular weight is 535 g/mol. The number of nitrogens with one attached hydrogen (secondary N) is 1. The van der Waals surface area contributed by atoms with Crippen LogP contribution in [0, 0.1) is 0 Å². The topological polar surface area (TPSA) is 85.6 Å². The molecule has 6 rings (SSSR count). The molecule has 0 fully saturated rings. The fourth-order valence-electron chi connectivity index (χ4n) is 4.23. The van der Waals surface area contributed by atoms with Gasteiger partial charge in [-0.05, 0) is 40.6 Å². The first-order valence-electron chi connectivity index (χ1n) is 12.0. The van der Waals surface area contributed by atoms with Gasteiger partial charge in [0.15, 0.2) is 16.1 Å². The van der Waals surface area contributed by atoms with E-state index in [0.717, 1.165) is 22.5 Å². The van der Waals surface area contributed by atoms with E-state index in [4.69, 9.17) is 0 Å². The Morgan fingerprint density at radius 3 is 2.55 bits per heavy atom. The van der Waals surface area contributed by atoms with Crippen LogP contribution in [0.4, 0.5) is 5.13 Å². The van der Waals surface area contributed by atoms with Crippen molar-refractivity contribution in [1.82, 2.24) is 24.7 Å². The Morgan fingerprint density at radius 2 is 1.68 bits per heavy atom. The van der Waals surface area contributed by atoms with E-state index in [1.54, 1.807) is 12.4 Å². The van der Waals surface area contributed by atoms with Crippen LogP contribution in [0.15, 0.2) is 109 Å². The van der Waals surface area contributed by atoms with E-state index in [2.05, 4.69) is 61.9 Å². The molecule has 0 saturated heterocycles. The number of hydrogen-bond donors (Lipinski definition) is 1. The zero-order chi connectivity index (χ0) is 25.7. The Balaban J connectivity index is 1.15. The molecule has 38 heavy (non-hydrogen) atoms. The Kier molecular flexibility index (Phi) is 6.93. The summed E-state index contributed by atoms with van der Waals surface area (Å²) in [5.74, 6) is 0.730. The largest absolute Gasteiger partial charge is 0.301 e. The highest BCUT2D eigenvalue weighted by molar-refractivity contribution is 7.99. The van der Waals surface area contributed by atoms with Crippen molar-refractivity contribution in [3.8, 4) is 17.1 Å². The molecule has 0 aliphatic carbocycles. The summed E-state index contributed by atoms with van der Waals surface area (Å²) in [5, 5.41) is 15.4. The molecule has 0 aliphatic rings. The number of para-hydroxylation sites is 1. The molecular weight excluding hydrogens is 512 g/mol. The Hall–Kier alpha value is -4.34. The van der Waals surface area contributed by atoms with Gasteiger partial charge in [0.2, 0.25) is 5.91 Å². The molecule has 0 unspecified atom stereocenters. The lowest BCUT2D eigenvalue weighted by Crippen LogP contribution is -2.14. The molecule has 6 aromatic rings. The van der Waals surface area contributed by atoms with Crippen LogP contribution < -0.4 is 5.32 Å². The number of carbonyl (C=O) groups excluding carboxylic acids is 1. The Morgan fingerprint density at radius 1 is 0.895 bits per heavy atom. The van der Waals surface area contributed by atoms with E-state index in [1.165, 1.54) is 39.4 Å². The van der Waals surface area contributed by atoms with Gasteiger partial charge in [0, 0.05) is 41.1 Å². The summed E-state index contributed by atoms with van der Waals surface area (Å²) in [7, 11) is 0. The van der Waals surface area contributed by atoms with Crippen LogP contribution in [-0.2, 0) is 11.2 Å². The second-order valence-electron chi connectivity index (χ2n) is 8.50. The van der Waals surface area contributed by atoms with Gasteiger partial charge in [-0.3, -0.25) is 14.3 Å². The number of thioether (sulfide) groups is 1. The van der Waals surface area contributed by atoms with Gasteiger partial charge in [-0.1, -0.05) is 72.4 Å². The van der Waals surface area contributed by atoms with Gasteiger partial charge in [0.05, 0.1) is 5.75 Å². The first-order chi connectivity index (χ1) is 18.7. The van der Waals surface area contributed by atoms with Gasteiger partial charge >= 0.3 is 0 Å². The van der Waals surface area contributed by atoms with Crippen molar-refractivity contribution in [2.45, 2.75) is 11.6 Å². The second kappa shape index (κ2) is 11.0. The zero-order valence-corrected chi connectivity index (χ0v) is 21.8. The molecule has 1 N–H and O–H groups in total. The monoisotopic (exact) mass is 534 g/mol. The smallest absolute Gasteiger partial charge is 0.236 e. The number of anilines is 1. The molecule has 3 aromatic heterocycles. The maximum atomic E-state index is 12.8. The predicted octanol–water partition coefficient (Wildman–Crippen LogP) is 6.26. The number of nitrogens with zero attached hydrogens (tertiary/aromatic N) is 5. The molecular formula is C29H22N6OS2. The van der Waals surface area contributed by atoms with Crippen molar-refractivity contribution in [3.05, 3.63) is 114 Å². The number of benzene rings is 3. The first-order valence-corrected chi connectivity index (χ1v) is 13.8. The summed E-state index contributed by atoms with van der Waals surface area (Å²) in [4.78, 5) is 22.4. The second-order valence-corrected chi connectivity index (χ2v) is 10.6. The van der Waals surface area contributed by atoms with Gasteiger partial charge < -0.3 is 5.32 Å². The molecule has 186 valence electrons. The summed E-state index contributed by atoms with van der Waals surface area (Å²) in [6.07, 6.45) is 6.05. The summed E-state index contributed by atoms with van der Waals surface area (Å²) in [6.45, 7) is 0. The molecule has 0 aliphatic heterocycles. The van der Waals surface area contributed by atoms with Crippen LogP contribution in [0.25, 0.3) is 27.8 Å². The van der Waals surface area contributed by atoms with Crippen LogP contribution in [0.1, 0.15) is 10.4 Å². The highest BCUT2D eigenvalue weighted by Gasteiger charge is 2.18. The standard InChI is InChI=1S/C29H22N6OS2/c36-26(32-28-31-18-24(38-28)17-22-9-6-8-20-7-4-5-12-25(20)22)19-37-29-34-33-27(21-13-15-30-16-14-21)35(29)23-10-2-1-3-11-23/h1-16,18H,17,19H2,(H,31,32,36). The minimum atomic E-state index is -0.144. The lowest BCUT2D eigenvalue weighted by Gasteiger charge is -2.10. The first kappa shape index (κ1) is 24.0. The molecule has 0 spiro atoms. The molecule has 0 bridgehead atoms. The minimum absolute atomic E-state index is 0.144. The highest BCUT2D eigenvalue weighted by Crippen LogP contribution is 2.29. The summed E-state index contributed by atoms with van der Waals surface area (Å²) < 4.78 is 1.96. The van der Waals surface area contributed by atoms with Gasteiger partial charge in [-0.25, -0.2) is 4.98 Å². The molecule has 9 heteroatoms. The third-order valence-electron chi connectivity index (χ3n) is 5.96. The molecule has 0 saturated carbocycles. The fraction of sp³-hybridized carbons (Fsp3) is 0.0690. The summed E-state index contributed by atoms with van der Waals surface area (Å²) >= 11 is 2.83. The van der Waals surface area contributed by atoms with E-state index >= 15 is 0 Å². The quantitative estimate of drug-likeness (QED) is 0.232. The van der Waals surface area contributed by atoms with Crippen molar-refractivity contribution in [2.24, 2.45) is 0 Å². The molecule has 0 atom stereocenters. The summed E-state index contributed by atoms with van der Waals surface area (Å²) in [5.41, 5.74) is 3.06. The molecule has 0 radical (unpaired) electrons. The fourth-order valence-corrected chi connectivity index (χ4v) is 5.83. The number of rotatable bonds is 8.